The number of nitrogens with one attached hydrogen (secondary N) is 2. The van der Waals surface area contributed by atoms with E-state index in [4.69, 9.17) is 18.9 Å². The minimum Gasteiger partial charge on any atom is -0.497 e. The Morgan fingerprint density at radius 2 is 0.933 bits per heavy atom. The van der Waals surface area contributed by atoms with Crippen molar-refractivity contribution in [3.8, 4) is 11.5 Å². The van der Waals surface area contributed by atoms with E-state index in [-0.39, 0.29) is 36.2 Å². The standard InChI is InChI=1S/2C21H20N4O4S/c2*1-3-29-21(27)17-20-25(24-22-17)23-16(13-9-11-15(28-2)12-10-13)19(30-20)18(26)14-7-5-4-6-8-14/h2*4-12,16,19,23H,3H2,1-2H3/t16-,19+;16-,19-/m10/s1. The van der Waals surface area contributed by atoms with Crippen molar-refractivity contribution < 1.29 is 38.1 Å². The van der Waals surface area contributed by atoms with Crippen LogP contribution in [0.15, 0.2) is 119 Å². The lowest BCUT2D eigenvalue weighted by atomic mass is 9.97. The fourth-order valence-corrected chi connectivity index (χ4v) is 8.95. The van der Waals surface area contributed by atoms with E-state index in [1.54, 1.807) is 52.3 Å². The molecular formula is C42H40N8O8S2. The van der Waals surface area contributed by atoms with E-state index >= 15 is 0 Å². The maximum absolute atomic E-state index is 13.4. The number of carbonyl (C=O) groups is 4. The number of thioether (sulfide) groups is 2. The van der Waals surface area contributed by atoms with Crippen molar-refractivity contribution in [1.82, 2.24) is 30.2 Å². The van der Waals surface area contributed by atoms with E-state index in [0.29, 0.717) is 21.2 Å². The molecule has 4 heterocycles. The van der Waals surface area contributed by atoms with Crippen LogP contribution in [-0.2, 0) is 9.47 Å². The van der Waals surface area contributed by atoms with Crippen molar-refractivity contribution in [3.05, 3.63) is 143 Å². The number of benzene rings is 4. The van der Waals surface area contributed by atoms with Crippen LogP contribution in [-0.4, -0.2) is 91.6 Å². The minimum atomic E-state index is -0.568. The number of carbonyl (C=O) groups excluding carboxylic acids is 4. The number of ether oxygens (including phenoxy) is 4. The third kappa shape index (κ3) is 8.84. The molecule has 0 spiro atoms. The van der Waals surface area contributed by atoms with Crippen molar-refractivity contribution >= 4 is 47.0 Å². The van der Waals surface area contributed by atoms with Crippen LogP contribution in [0.4, 0.5) is 0 Å². The highest BCUT2D eigenvalue weighted by Gasteiger charge is 2.41. The Balaban J connectivity index is 0.000000181. The van der Waals surface area contributed by atoms with Gasteiger partial charge in [-0.3, -0.25) is 20.4 Å². The van der Waals surface area contributed by atoms with Crippen molar-refractivity contribution in [2.75, 3.05) is 38.3 Å². The van der Waals surface area contributed by atoms with E-state index in [1.165, 1.54) is 33.1 Å². The van der Waals surface area contributed by atoms with Gasteiger partial charge in [0, 0.05) is 11.1 Å². The normalized spacial score (nSPS) is 17.5. The molecule has 60 heavy (non-hydrogen) atoms. The van der Waals surface area contributed by atoms with Crippen molar-refractivity contribution in [2.24, 2.45) is 0 Å². The molecule has 2 aliphatic heterocycles. The van der Waals surface area contributed by atoms with Gasteiger partial charge in [-0.15, -0.1) is 10.2 Å². The van der Waals surface area contributed by atoms with Crippen LogP contribution in [0.2, 0.25) is 0 Å². The lowest BCUT2D eigenvalue weighted by molar-refractivity contribution is 0.0505. The second-order valence-corrected chi connectivity index (χ2v) is 15.3. The molecule has 2 aliphatic rings. The Bertz CT molecular complexity index is 2280. The van der Waals surface area contributed by atoms with Crippen LogP contribution >= 0.6 is 23.5 Å². The molecule has 8 rings (SSSR count). The molecule has 308 valence electrons. The zero-order valence-corrected chi connectivity index (χ0v) is 34.5. The van der Waals surface area contributed by atoms with E-state index in [1.807, 2.05) is 84.9 Å². The summed E-state index contributed by atoms with van der Waals surface area (Å²) in [5.41, 5.74) is 9.58. The Morgan fingerprint density at radius 1 is 0.567 bits per heavy atom. The molecule has 0 aliphatic carbocycles. The number of hydrogen-bond acceptors (Lipinski definition) is 16. The molecule has 16 nitrogen and oxygen atoms in total. The van der Waals surface area contributed by atoms with Gasteiger partial charge in [0.15, 0.2) is 21.6 Å². The molecule has 2 N–H and O–H groups in total. The maximum atomic E-state index is 13.4. The molecule has 0 bridgehead atoms. The Kier molecular flexibility index (Phi) is 13.1. The van der Waals surface area contributed by atoms with Crippen LogP contribution in [0.1, 0.15) is 78.8 Å². The molecule has 0 saturated heterocycles. The Hall–Kier alpha value is -6.66. The number of methoxy groups -OCH3 is 2. The predicted octanol–water partition coefficient (Wildman–Crippen LogP) is 6.21. The van der Waals surface area contributed by atoms with Crippen molar-refractivity contribution in [3.63, 3.8) is 0 Å². The molecular weight excluding hydrogens is 809 g/mol. The van der Waals surface area contributed by atoms with Crippen LogP contribution < -0.4 is 20.3 Å². The van der Waals surface area contributed by atoms with Gasteiger partial charge in [-0.2, -0.15) is 9.58 Å². The lowest BCUT2D eigenvalue weighted by Crippen LogP contribution is -2.39. The molecule has 0 unspecified atom stereocenters. The molecule has 4 atom stereocenters. The maximum Gasteiger partial charge on any atom is 0.361 e. The average molecular weight is 849 g/mol. The van der Waals surface area contributed by atoms with Crippen LogP contribution in [0, 0.1) is 0 Å². The fraction of sp³-hybridized carbons (Fsp3) is 0.238. The highest BCUT2D eigenvalue weighted by Crippen LogP contribution is 2.42. The lowest BCUT2D eigenvalue weighted by Gasteiger charge is -2.32. The van der Waals surface area contributed by atoms with Gasteiger partial charge in [0.2, 0.25) is 11.4 Å². The third-order valence-electron chi connectivity index (χ3n) is 9.38. The first kappa shape index (κ1) is 41.5. The summed E-state index contributed by atoms with van der Waals surface area (Å²) in [7, 11) is 3.20. The van der Waals surface area contributed by atoms with Gasteiger partial charge in [0.1, 0.15) is 22.0 Å². The number of rotatable bonds is 12. The smallest absolute Gasteiger partial charge is 0.361 e. The summed E-state index contributed by atoms with van der Waals surface area (Å²) in [6.07, 6.45) is 0. The van der Waals surface area contributed by atoms with Gasteiger partial charge in [0.05, 0.1) is 39.5 Å². The first-order valence-electron chi connectivity index (χ1n) is 18.8. The molecule has 6 aromatic rings. The summed E-state index contributed by atoms with van der Waals surface area (Å²) in [4.78, 5) is 54.2. The van der Waals surface area contributed by atoms with Crippen LogP contribution in [0.5, 0.6) is 11.5 Å². The zero-order valence-electron chi connectivity index (χ0n) is 32.9. The van der Waals surface area contributed by atoms with Gasteiger partial charge in [0.25, 0.3) is 0 Å². The predicted molar refractivity (Wildman–Crippen MR) is 223 cm³/mol. The largest absolute Gasteiger partial charge is 0.497 e. The highest BCUT2D eigenvalue weighted by molar-refractivity contribution is 8.01. The second-order valence-electron chi connectivity index (χ2n) is 13.0. The summed E-state index contributed by atoms with van der Waals surface area (Å²) < 4.78 is 20.6. The number of esters is 2. The van der Waals surface area contributed by atoms with Gasteiger partial charge in [-0.1, -0.05) is 108 Å². The zero-order chi connectivity index (χ0) is 42.2. The number of aromatic nitrogens is 6. The number of Topliss-reactive ketones (excluding diaryl/α,β-unsaturated/α-hetero) is 2. The molecule has 0 radical (unpaired) electrons. The summed E-state index contributed by atoms with van der Waals surface area (Å²) in [5, 5.41) is 15.8. The van der Waals surface area contributed by atoms with Gasteiger partial charge < -0.3 is 18.9 Å². The van der Waals surface area contributed by atoms with Crippen LogP contribution in [0.3, 0.4) is 0 Å². The Labute approximate surface area is 353 Å². The number of nitrogens with zero attached hydrogens (tertiary/aromatic N) is 6. The second kappa shape index (κ2) is 18.9. The molecule has 4 aromatic carbocycles. The van der Waals surface area contributed by atoms with E-state index in [0.717, 1.165) is 22.6 Å². The minimum absolute atomic E-state index is 0.0591. The van der Waals surface area contributed by atoms with E-state index < -0.39 is 34.5 Å². The average Bonchev–Trinajstić information content (AvgIpc) is 3.93. The van der Waals surface area contributed by atoms with Crippen LogP contribution in [0.25, 0.3) is 0 Å². The van der Waals surface area contributed by atoms with E-state index in [2.05, 4.69) is 31.5 Å². The first-order chi connectivity index (χ1) is 29.2. The quantitative estimate of drug-likeness (QED) is 0.104. The summed E-state index contributed by atoms with van der Waals surface area (Å²) >= 11 is 2.51. The number of ketones is 2. The summed E-state index contributed by atoms with van der Waals surface area (Å²) in [6, 6.07) is 32.3. The summed E-state index contributed by atoms with van der Waals surface area (Å²) in [6.45, 7) is 3.90. The fourth-order valence-electron chi connectivity index (χ4n) is 6.42. The van der Waals surface area contributed by atoms with E-state index in [9.17, 15) is 19.2 Å². The van der Waals surface area contributed by atoms with Crippen molar-refractivity contribution in [2.45, 2.75) is 46.5 Å². The first-order valence-corrected chi connectivity index (χ1v) is 20.6. The molecule has 2 aromatic heterocycles. The Morgan fingerprint density at radius 3 is 1.27 bits per heavy atom. The van der Waals surface area contributed by atoms with Gasteiger partial charge in [-0.05, 0) is 59.7 Å². The van der Waals surface area contributed by atoms with Gasteiger partial charge >= 0.3 is 11.9 Å². The monoisotopic (exact) mass is 848 g/mol. The molecule has 18 heteroatoms. The SMILES string of the molecule is CCOC(=O)c1nnn2c1S[C@H](C(=O)c1ccccc1)[C@@H](c1ccc(OC)cc1)N2.CCOC(=O)c1nnn2c1S[C@H](C(=O)c1ccccc1)[C@H](c1ccc(OC)cc1)N2. The number of fused-ring (bicyclic) bond motifs is 2. The van der Waals surface area contributed by atoms with Gasteiger partial charge in [-0.25, -0.2) is 9.59 Å². The highest BCUT2D eigenvalue weighted by atomic mass is 32.2. The molecule has 0 amide bonds. The van der Waals surface area contributed by atoms with Crippen molar-refractivity contribution in [1.29, 1.82) is 0 Å². The molecule has 0 fully saturated rings. The topological polar surface area (TPSA) is 191 Å². The molecule has 0 saturated carbocycles. The number of hydrogen-bond donors (Lipinski definition) is 2. The summed E-state index contributed by atoms with van der Waals surface area (Å²) in [5.74, 6) is 0.189. The third-order valence-corrected chi connectivity index (χ3v) is 12.0.